The van der Waals surface area contributed by atoms with Gasteiger partial charge in [-0.25, -0.2) is 0 Å². The number of thiophene rings is 1. The molecule has 0 saturated carbocycles. The second-order valence-electron chi connectivity index (χ2n) is 10.6. The summed E-state index contributed by atoms with van der Waals surface area (Å²) < 4.78 is 5.06. The third-order valence-corrected chi connectivity index (χ3v) is 9.49. The zero-order valence-electron chi connectivity index (χ0n) is 21.6. The molecule has 0 spiro atoms. The minimum Gasteiger partial charge on any atom is -0.309 e. The van der Waals surface area contributed by atoms with Crippen LogP contribution in [0.4, 0.5) is 0 Å². The Bertz CT molecular complexity index is 2420. The van der Waals surface area contributed by atoms with Gasteiger partial charge < -0.3 is 4.57 Å². The van der Waals surface area contributed by atoms with Gasteiger partial charge in [0.25, 0.3) is 0 Å². The summed E-state index contributed by atoms with van der Waals surface area (Å²) in [6.45, 7) is 0. The van der Waals surface area contributed by atoms with E-state index in [9.17, 15) is 0 Å². The van der Waals surface area contributed by atoms with Crippen molar-refractivity contribution in [3.05, 3.63) is 140 Å². The Morgan fingerprint density at radius 2 is 1.12 bits per heavy atom. The zero-order chi connectivity index (χ0) is 26.2. The lowest BCUT2D eigenvalue weighted by Gasteiger charge is -2.13. The molecular formula is C38H23NS. The molecule has 0 N–H and O–H groups in total. The molecule has 0 bridgehead atoms. The van der Waals surface area contributed by atoms with Gasteiger partial charge in [0.05, 0.1) is 11.0 Å². The summed E-state index contributed by atoms with van der Waals surface area (Å²) in [6, 6.07) is 51.3. The SMILES string of the molecule is c1ccc(-n2c3ccccc3c3cc(-c4cc5ccccc5c5cc6c(cc45)sc4ccccc46)ccc32)cc1. The van der Waals surface area contributed by atoms with Crippen LogP contribution < -0.4 is 0 Å². The van der Waals surface area contributed by atoms with Crippen molar-refractivity contribution in [3.8, 4) is 16.8 Å². The number of fused-ring (bicyclic) bond motifs is 9. The van der Waals surface area contributed by atoms with Crippen molar-refractivity contribution < 1.29 is 0 Å². The number of hydrogen-bond acceptors (Lipinski definition) is 1. The molecule has 2 heteroatoms. The molecule has 0 radical (unpaired) electrons. The lowest BCUT2D eigenvalue weighted by Crippen LogP contribution is -1.92. The molecule has 9 aromatic rings. The van der Waals surface area contributed by atoms with Gasteiger partial charge in [-0.2, -0.15) is 0 Å². The largest absolute Gasteiger partial charge is 0.309 e. The van der Waals surface area contributed by atoms with Crippen molar-refractivity contribution in [2.24, 2.45) is 0 Å². The van der Waals surface area contributed by atoms with E-state index in [2.05, 4.69) is 144 Å². The second-order valence-corrected chi connectivity index (χ2v) is 11.6. The molecule has 0 saturated heterocycles. The van der Waals surface area contributed by atoms with Gasteiger partial charge in [-0.1, -0.05) is 84.9 Å². The fourth-order valence-electron chi connectivity index (χ4n) is 6.55. The van der Waals surface area contributed by atoms with Crippen LogP contribution in [0.3, 0.4) is 0 Å². The van der Waals surface area contributed by atoms with Crippen LogP contribution in [-0.4, -0.2) is 4.57 Å². The quantitative estimate of drug-likeness (QED) is 0.198. The van der Waals surface area contributed by atoms with E-state index in [1.807, 2.05) is 11.3 Å². The Labute approximate surface area is 235 Å². The molecule has 0 unspecified atom stereocenters. The molecule has 9 rings (SSSR count). The maximum atomic E-state index is 2.43. The highest BCUT2D eigenvalue weighted by Gasteiger charge is 2.16. The second kappa shape index (κ2) is 8.29. The van der Waals surface area contributed by atoms with E-state index in [0.29, 0.717) is 0 Å². The summed E-state index contributed by atoms with van der Waals surface area (Å²) in [6.07, 6.45) is 0. The van der Waals surface area contributed by atoms with Gasteiger partial charge in [-0.15, -0.1) is 11.3 Å². The van der Waals surface area contributed by atoms with E-state index in [1.165, 1.54) is 80.3 Å². The van der Waals surface area contributed by atoms with Crippen molar-refractivity contribution in [1.29, 1.82) is 0 Å². The zero-order valence-corrected chi connectivity index (χ0v) is 22.5. The van der Waals surface area contributed by atoms with Gasteiger partial charge in [0.15, 0.2) is 0 Å². The van der Waals surface area contributed by atoms with E-state index < -0.39 is 0 Å². The fourth-order valence-corrected chi connectivity index (χ4v) is 7.68. The molecule has 0 atom stereocenters. The predicted molar refractivity (Wildman–Crippen MR) is 174 cm³/mol. The van der Waals surface area contributed by atoms with Crippen LogP contribution >= 0.6 is 11.3 Å². The number of rotatable bonds is 2. The first kappa shape index (κ1) is 22.0. The summed E-state index contributed by atoms with van der Waals surface area (Å²) in [7, 11) is 0. The summed E-state index contributed by atoms with van der Waals surface area (Å²) in [5, 5.41) is 10.4. The van der Waals surface area contributed by atoms with Crippen molar-refractivity contribution in [1.82, 2.24) is 4.57 Å². The van der Waals surface area contributed by atoms with Gasteiger partial charge in [-0.3, -0.25) is 0 Å². The fraction of sp³-hybridized carbons (Fsp3) is 0. The molecule has 1 nitrogen and oxygen atoms in total. The number of aromatic nitrogens is 1. The molecule has 0 aliphatic carbocycles. The van der Waals surface area contributed by atoms with E-state index in [4.69, 9.17) is 0 Å². The van der Waals surface area contributed by atoms with Crippen LogP contribution in [0.25, 0.3) is 80.3 Å². The maximum absolute atomic E-state index is 2.43. The third-order valence-electron chi connectivity index (χ3n) is 8.36. The third kappa shape index (κ3) is 3.08. The topological polar surface area (TPSA) is 4.93 Å². The highest BCUT2D eigenvalue weighted by Crippen LogP contribution is 2.43. The van der Waals surface area contributed by atoms with Crippen molar-refractivity contribution in [2.75, 3.05) is 0 Å². The standard InChI is InChI=1S/C38H23NS/c1-2-11-26(12-3-1)39-35-16-8-6-14-28(35)33-21-25(18-19-36(33)39)30-20-24-10-4-5-13-27(24)31-22-34-29-15-7-9-17-37(29)40-38(34)23-32(30)31/h1-23H. The molecule has 40 heavy (non-hydrogen) atoms. The van der Waals surface area contributed by atoms with Crippen molar-refractivity contribution in [3.63, 3.8) is 0 Å². The Hall–Kier alpha value is -4.92. The van der Waals surface area contributed by atoms with Gasteiger partial charge >= 0.3 is 0 Å². The van der Waals surface area contributed by atoms with E-state index in [-0.39, 0.29) is 0 Å². The Balaban J connectivity index is 1.38. The van der Waals surface area contributed by atoms with Crippen LogP contribution in [0.2, 0.25) is 0 Å². The molecular weight excluding hydrogens is 502 g/mol. The maximum Gasteiger partial charge on any atom is 0.0541 e. The predicted octanol–water partition coefficient (Wildman–Crippen LogP) is 11.1. The highest BCUT2D eigenvalue weighted by molar-refractivity contribution is 7.25. The molecule has 0 aliphatic heterocycles. The molecule has 0 fully saturated rings. The Morgan fingerprint density at radius 3 is 2.02 bits per heavy atom. The molecule has 186 valence electrons. The number of benzene rings is 7. The van der Waals surface area contributed by atoms with Crippen LogP contribution in [0, 0.1) is 0 Å². The van der Waals surface area contributed by atoms with Crippen LogP contribution in [-0.2, 0) is 0 Å². The monoisotopic (exact) mass is 525 g/mol. The first-order valence-corrected chi connectivity index (χ1v) is 14.5. The number of para-hydroxylation sites is 2. The lowest BCUT2D eigenvalue weighted by atomic mass is 9.91. The molecule has 0 amide bonds. The minimum absolute atomic E-state index is 1.18. The van der Waals surface area contributed by atoms with Gasteiger partial charge in [0.2, 0.25) is 0 Å². The van der Waals surface area contributed by atoms with Crippen molar-refractivity contribution >= 4 is 74.9 Å². The molecule has 0 aliphatic rings. The summed E-state index contributed by atoms with van der Waals surface area (Å²) >= 11 is 1.89. The Morgan fingerprint density at radius 1 is 0.400 bits per heavy atom. The smallest absolute Gasteiger partial charge is 0.0541 e. The van der Waals surface area contributed by atoms with Gasteiger partial charge in [-0.05, 0) is 87.3 Å². The average molecular weight is 526 g/mol. The first-order chi connectivity index (χ1) is 19.8. The van der Waals surface area contributed by atoms with E-state index >= 15 is 0 Å². The van der Waals surface area contributed by atoms with Gasteiger partial charge in [0.1, 0.15) is 0 Å². The summed E-state index contributed by atoms with van der Waals surface area (Å²) in [5.74, 6) is 0. The van der Waals surface area contributed by atoms with Crippen molar-refractivity contribution in [2.45, 2.75) is 0 Å². The van der Waals surface area contributed by atoms with Crippen LogP contribution in [0.1, 0.15) is 0 Å². The average Bonchev–Trinajstić information content (AvgIpc) is 3.55. The minimum atomic E-state index is 1.18. The number of hydrogen-bond donors (Lipinski definition) is 0. The van der Waals surface area contributed by atoms with Crippen LogP contribution in [0.5, 0.6) is 0 Å². The summed E-state index contributed by atoms with van der Waals surface area (Å²) in [5.41, 5.74) is 6.18. The van der Waals surface area contributed by atoms with E-state index in [0.717, 1.165) is 0 Å². The molecule has 7 aromatic carbocycles. The van der Waals surface area contributed by atoms with Gasteiger partial charge in [0, 0.05) is 36.6 Å². The highest BCUT2D eigenvalue weighted by atomic mass is 32.1. The first-order valence-electron chi connectivity index (χ1n) is 13.7. The lowest BCUT2D eigenvalue weighted by molar-refractivity contribution is 1.18. The number of nitrogens with zero attached hydrogens (tertiary/aromatic N) is 1. The molecule has 2 heterocycles. The molecule has 2 aromatic heterocycles. The Kier molecular flexibility index (Phi) is 4.55. The van der Waals surface area contributed by atoms with Crippen LogP contribution in [0.15, 0.2) is 140 Å². The van der Waals surface area contributed by atoms with E-state index in [1.54, 1.807) is 0 Å². The normalized spacial score (nSPS) is 12.0. The summed E-state index contributed by atoms with van der Waals surface area (Å²) in [4.78, 5) is 0.